The predicted octanol–water partition coefficient (Wildman–Crippen LogP) is 3.94. The Morgan fingerprint density at radius 3 is 2.50 bits per heavy atom. The van der Waals surface area contributed by atoms with Crippen LogP contribution in [-0.2, 0) is 11.4 Å². The van der Waals surface area contributed by atoms with Gasteiger partial charge in [0.1, 0.15) is 10.5 Å². The summed E-state index contributed by atoms with van der Waals surface area (Å²) in [5.41, 5.74) is 1.13. The second kappa shape index (κ2) is 8.17. The van der Waals surface area contributed by atoms with E-state index in [1.54, 1.807) is 7.11 Å². The number of methoxy groups -OCH3 is 1. The van der Waals surface area contributed by atoms with Gasteiger partial charge in [-0.2, -0.15) is 0 Å². The van der Waals surface area contributed by atoms with Crippen LogP contribution in [0.2, 0.25) is 0 Å². The largest absolute Gasteiger partial charge is 0.598 e. The Bertz CT molecular complexity index is 738. The Morgan fingerprint density at radius 1 is 1.15 bits per heavy atom. The summed E-state index contributed by atoms with van der Waals surface area (Å²) in [7, 11) is 1.72. The van der Waals surface area contributed by atoms with Crippen LogP contribution in [0, 0.1) is 5.92 Å². The van der Waals surface area contributed by atoms with Crippen molar-refractivity contribution >= 4 is 22.1 Å². The number of fused-ring (bicyclic) bond motifs is 1. The number of rotatable bonds is 5. The minimum atomic E-state index is -1.15. The van der Waals surface area contributed by atoms with Crippen molar-refractivity contribution in [1.82, 2.24) is 10.0 Å². The highest BCUT2D eigenvalue weighted by Crippen LogP contribution is 2.40. The first-order valence-corrected chi connectivity index (χ1v) is 10.5. The van der Waals surface area contributed by atoms with E-state index < -0.39 is 11.4 Å². The van der Waals surface area contributed by atoms with Crippen LogP contribution < -0.4 is 14.8 Å². The number of piperidine rings is 1. The van der Waals surface area contributed by atoms with Gasteiger partial charge in [-0.25, -0.2) is 0 Å². The number of benzene rings is 2. The minimum Gasteiger partial charge on any atom is -0.598 e. The Hall–Kier alpha value is -1.27. The lowest BCUT2D eigenvalue weighted by molar-refractivity contribution is 0.299. The Balaban J connectivity index is 2.10. The van der Waals surface area contributed by atoms with E-state index in [1.165, 1.54) is 10.8 Å². The third-order valence-electron chi connectivity index (χ3n) is 5.11. The summed E-state index contributed by atoms with van der Waals surface area (Å²) in [5, 5.41) is 5.80. The zero-order valence-corrected chi connectivity index (χ0v) is 17.0. The third kappa shape index (κ3) is 4.17. The highest BCUT2D eigenvalue weighted by Gasteiger charge is 2.36. The van der Waals surface area contributed by atoms with Crippen LogP contribution in [0.25, 0.3) is 10.8 Å². The molecule has 2 atom stereocenters. The van der Waals surface area contributed by atoms with E-state index in [0.717, 1.165) is 37.2 Å². The molecule has 0 aliphatic carbocycles. The topological polar surface area (TPSA) is 56.3 Å². The molecule has 0 bridgehead atoms. The summed E-state index contributed by atoms with van der Waals surface area (Å²) in [6, 6.07) is 12.5. The molecule has 5 heteroatoms. The molecule has 2 N–H and O–H groups in total. The third-order valence-corrected chi connectivity index (χ3v) is 6.69. The summed E-state index contributed by atoms with van der Waals surface area (Å²) in [5.74, 6) is 1.29. The van der Waals surface area contributed by atoms with E-state index in [0.29, 0.717) is 5.92 Å². The van der Waals surface area contributed by atoms with Crippen molar-refractivity contribution in [3.05, 3.63) is 42.0 Å². The number of nitrogens with one attached hydrogen (secondary N) is 2. The highest BCUT2D eigenvalue weighted by molar-refractivity contribution is 7.90. The summed E-state index contributed by atoms with van der Waals surface area (Å²) in [4.78, 5) is 0. The van der Waals surface area contributed by atoms with Gasteiger partial charge in [-0.1, -0.05) is 30.3 Å². The molecule has 1 aliphatic heterocycles. The number of hydrogen-bond acceptors (Lipinski definition) is 4. The summed E-state index contributed by atoms with van der Waals surface area (Å²) in [6.07, 6.45) is 2.12. The van der Waals surface area contributed by atoms with Crippen molar-refractivity contribution in [2.24, 2.45) is 5.92 Å². The van der Waals surface area contributed by atoms with Crippen LogP contribution in [0.4, 0.5) is 0 Å². The number of hydrogen-bond donors (Lipinski definition) is 2. The molecular formula is C21H30N2O2S. The van der Waals surface area contributed by atoms with Gasteiger partial charge in [-0.15, -0.1) is 4.72 Å². The standard InChI is InChI=1S/C21H30N2O2S/c1-21(2,3)26(24)23-20(16-11-13-22-14-12-16)19-17-8-6-5-7-15(17)9-10-18(19)25-4/h5-10,16,20,22-23H,11-14H2,1-4H3/t20-,26+/m1/s1. The van der Waals surface area contributed by atoms with Crippen molar-refractivity contribution < 1.29 is 9.29 Å². The molecule has 1 heterocycles. The molecule has 4 nitrogen and oxygen atoms in total. The van der Waals surface area contributed by atoms with Crippen LogP contribution in [0.1, 0.15) is 45.2 Å². The maximum absolute atomic E-state index is 13.0. The van der Waals surface area contributed by atoms with Gasteiger partial charge in [0, 0.05) is 16.9 Å². The molecule has 3 rings (SSSR count). The Labute approximate surface area is 160 Å². The molecule has 2 aromatic carbocycles. The second-order valence-corrected chi connectivity index (χ2v) is 9.96. The quantitative estimate of drug-likeness (QED) is 0.779. The normalized spacial score (nSPS) is 18.7. The average molecular weight is 375 g/mol. The maximum atomic E-state index is 13.0. The van der Waals surface area contributed by atoms with Crippen molar-refractivity contribution in [2.45, 2.75) is 44.4 Å². The molecular weight excluding hydrogens is 344 g/mol. The predicted molar refractivity (Wildman–Crippen MR) is 110 cm³/mol. The molecule has 1 saturated heterocycles. The molecule has 0 amide bonds. The summed E-state index contributed by atoms with van der Waals surface area (Å²) in [6.45, 7) is 8.03. The first-order valence-electron chi connectivity index (χ1n) is 9.36. The van der Waals surface area contributed by atoms with E-state index >= 15 is 0 Å². The monoisotopic (exact) mass is 374 g/mol. The molecule has 26 heavy (non-hydrogen) atoms. The van der Waals surface area contributed by atoms with Gasteiger partial charge < -0.3 is 14.6 Å². The molecule has 142 valence electrons. The first kappa shape index (κ1) is 19.5. The smallest absolute Gasteiger partial charge is 0.136 e. The van der Waals surface area contributed by atoms with Crippen molar-refractivity contribution in [2.75, 3.05) is 20.2 Å². The first-order chi connectivity index (χ1) is 12.4. The zero-order chi connectivity index (χ0) is 18.7. The van der Waals surface area contributed by atoms with Gasteiger partial charge in [0.2, 0.25) is 0 Å². The van der Waals surface area contributed by atoms with Crippen LogP contribution >= 0.6 is 0 Å². The van der Waals surface area contributed by atoms with E-state index in [2.05, 4.69) is 40.4 Å². The summed E-state index contributed by atoms with van der Waals surface area (Å²) < 4.78 is 21.9. The number of ether oxygens (including phenoxy) is 1. The molecule has 0 spiro atoms. The fraction of sp³-hybridized carbons (Fsp3) is 0.524. The van der Waals surface area contributed by atoms with Crippen molar-refractivity contribution in [3.63, 3.8) is 0 Å². The summed E-state index contributed by atoms with van der Waals surface area (Å²) >= 11 is -1.15. The lowest BCUT2D eigenvalue weighted by Gasteiger charge is -2.35. The van der Waals surface area contributed by atoms with Gasteiger partial charge >= 0.3 is 0 Å². The SMILES string of the molecule is COc1ccc2ccccc2c1[C@H](N[S@@+]([O-])C(C)(C)C)C1CCNCC1. The minimum absolute atomic E-state index is 0.00166. The molecule has 1 fully saturated rings. The van der Waals surface area contributed by atoms with Crippen molar-refractivity contribution in [3.8, 4) is 5.75 Å². The van der Waals surface area contributed by atoms with Gasteiger partial charge in [0.15, 0.2) is 0 Å². The Morgan fingerprint density at radius 2 is 1.85 bits per heavy atom. The lowest BCUT2D eigenvalue weighted by Crippen LogP contribution is -2.45. The van der Waals surface area contributed by atoms with E-state index in [4.69, 9.17) is 4.74 Å². The van der Waals surface area contributed by atoms with Crippen LogP contribution in [0.5, 0.6) is 5.75 Å². The van der Waals surface area contributed by atoms with Gasteiger partial charge in [0.05, 0.1) is 13.2 Å². The maximum Gasteiger partial charge on any atom is 0.136 e. The zero-order valence-electron chi connectivity index (χ0n) is 16.2. The molecule has 0 unspecified atom stereocenters. The van der Waals surface area contributed by atoms with Gasteiger partial charge in [0.25, 0.3) is 0 Å². The van der Waals surface area contributed by atoms with Crippen LogP contribution in [0.15, 0.2) is 36.4 Å². The second-order valence-electron chi connectivity index (χ2n) is 7.97. The lowest BCUT2D eigenvalue weighted by atomic mass is 9.84. The highest BCUT2D eigenvalue weighted by atomic mass is 32.2. The van der Waals surface area contributed by atoms with E-state index in [1.807, 2.05) is 26.8 Å². The van der Waals surface area contributed by atoms with Crippen LogP contribution in [0.3, 0.4) is 0 Å². The van der Waals surface area contributed by atoms with Gasteiger partial charge in [-0.3, -0.25) is 0 Å². The molecule has 2 aromatic rings. The fourth-order valence-corrected chi connectivity index (χ4v) is 4.53. The van der Waals surface area contributed by atoms with E-state index in [9.17, 15) is 4.55 Å². The molecule has 0 saturated carbocycles. The average Bonchev–Trinajstić information content (AvgIpc) is 2.65. The van der Waals surface area contributed by atoms with E-state index in [-0.39, 0.29) is 10.8 Å². The molecule has 0 aromatic heterocycles. The van der Waals surface area contributed by atoms with Crippen LogP contribution in [-0.4, -0.2) is 29.5 Å². The Kier molecular flexibility index (Phi) is 6.13. The fourth-order valence-electron chi connectivity index (χ4n) is 3.63. The molecule has 1 aliphatic rings. The molecule has 0 radical (unpaired) electrons. The van der Waals surface area contributed by atoms with Gasteiger partial charge in [-0.05, 0) is 69.5 Å². The van der Waals surface area contributed by atoms with Crippen molar-refractivity contribution in [1.29, 1.82) is 0 Å².